The molecule has 15 aliphatic heterocycles. The van der Waals surface area contributed by atoms with Crippen LogP contribution in [0.3, 0.4) is 0 Å². The number of aromatic hydroxyl groups is 1. The molecule has 3 N–H and O–H groups in total. The Morgan fingerprint density at radius 3 is 0.730 bits per heavy atom. The molecular weight excluding hydrogens is 1350 g/mol. The topological polar surface area (TPSA) is 105 Å². The molecule has 11 nitrogen and oxygen atoms in total. The van der Waals surface area contributed by atoms with Gasteiger partial charge < -0.3 is 39.3 Å². The number of halogens is 1. The number of fused-ring (bicyclic) bond motifs is 15. The highest BCUT2D eigenvalue weighted by Gasteiger charge is 2.38. The van der Waals surface area contributed by atoms with Gasteiger partial charge in [0, 0.05) is 36.3 Å². The molecule has 0 saturated carbocycles. The summed E-state index contributed by atoms with van der Waals surface area (Å²) in [5, 5.41) is 27.3. The third kappa shape index (κ3) is 27.1. The van der Waals surface area contributed by atoms with E-state index in [1.807, 2.05) is 42.5 Å². The van der Waals surface area contributed by atoms with Crippen LogP contribution in [0, 0.1) is 47.0 Å². The summed E-state index contributed by atoms with van der Waals surface area (Å²) in [6, 6.07) is 63.6. The molecule has 15 aliphatic rings. The highest BCUT2D eigenvalue weighted by Crippen LogP contribution is 2.35. The van der Waals surface area contributed by atoms with Crippen molar-refractivity contribution in [2.24, 2.45) is 29.6 Å². The molecule has 15 heterocycles. The van der Waals surface area contributed by atoms with Crippen molar-refractivity contribution in [1.82, 2.24) is 24.5 Å². The number of nitrogens with zero attached hydrogens (tertiary/aromatic N) is 5. The lowest BCUT2D eigenvalue weighted by atomic mass is 9.86. The van der Waals surface area contributed by atoms with E-state index in [0.29, 0.717) is 35.9 Å². The highest BCUT2D eigenvalue weighted by molar-refractivity contribution is 14.1. The summed E-state index contributed by atoms with van der Waals surface area (Å²) in [6.07, 6.45) is 17.6. The summed E-state index contributed by atoms with van der Waals surface area (Å²) in [7, 11) is 0. The number of aliphatic hydroxyl groups is 2. The minimum atomic E-state index is -0.00694. The Morgan fingerprint density at radius 1 is 0.310 bits per heavy atom. The van der Waals surface area contributed by atoms with Gasteiger partial charge in [-0.15, -0.1) is 0 Å². The molecule has 10 bridgehead atoms. The SMILES string of the molecule is CCC.CCC.CCC.Cc1ccc(-c2ccc(O[C@H]3CN4CCC3CC4)cc2)cc1.Cc1ccc(-c2ccc(O[C@H]3CN4CCC3CC4)cc2)cc1.Ic1ccccc1.O[C@@H]1CN2CCC1CC2.O[C@H]1CN2CCC1CC2.Oc1ccccc1.c1ccc(O[C@H]2CN3CCC2CC3)cc1. The zero-order valence-electron chi connectivity index (χ0n) is 62.2. The van der Waals surface area contributed by atoms with Crippen molar-refractivity contribution in [3.8, 4) is 45.3 Å². The van der Waals surface area contributed by atoms with Crippen LogP contribution in [0.1, 0.15) is 136 Å². The predicted octanol–water partition coefficient (Wildman–Crippen LogP) is 18.5. The molecule has 100 heavy (non-hydrogen) atoms. The van der Waals surface area contributed by atoms with Crippen molar-refractivity contribution >= 4 is 22.6 Å². The maximum atomic E-state index is 9.36. The third-order valence-corrected chi connectivity index (χ3v) is 21.3. The van der Waals surface area contributed by atoms with Gasteiger partial charge in [-0.25, -0.2) is 0 Å². The fourth-order valence-electron chi connectivity index (χ4n) is 14.8. The van der Waals surface area contributed by atoms with Crippen LogP contribution in [0.25, 0.3) is 22.3 Å². The van der Waals surface area contributed by atoms with Crippen molar-refractivity contribution in [3.05, 3.63) is 203 Å². The van der Waals surface area contributed by atoms with Crippen LogP contribution in [-0.4, -0.2) is 169 Å². The molecular formula is C88H124IN5O6. The van der Waals surface area contributed by atoms with Gasteiger partial charge in [-0.2, -0.15) is 0 Å². The number of para-hydroxylation sites is 2. The summed E-state index contributed by atoms with van der Waals surface area (Å²) in [5.74, 6) is 6.92. The second kappa shape index (κ2) is 44.0. The maximum Gasteiger partial charge on any atom is 0.119 e. The van der Waals surface area contributed by atoms with Crippen LogP contribution in [0.4, 0.5) is 0 Å². The normalized spacial score (nSPS) is 27.6. The van der Waals surface area contributed by atoms with E-state index in [0.717, 1.165) is 67.7 Å². The van der Waals surface area contributed by atoms with Crippen LogP contribution >= 0.6 is 22.6 Å². The first kappa shape index (κ1) is 79.9. The van der Waals surface area contributed by atoms with Gasteiger partial charge in [0.15, 0.2) is 0 Å². The number of hydrogen-bond donors (Lipinski definition) is 3. The molecule has 0 radical (unpaired) electrons. The van der Waals surface area contributed by atoms with E-state index in [1.165, 1.54) is 186 Å². The van der Waals surface area contributed by atoms with Gasteiger partial charge in [0.25, 0.3) is 0 Å². The molecule has 0 amide bonds. The number of benzene rings is 7. The van der Waals surface area contributed by atoms with Gasteiger partial charge in [-0.05, 0) is 279 Å². The van der Waals surface area contributed by atoms with Crippen molar-refractivity contribution < 1.29 is 29.5 Å². The number of piperidine rings is 15. The average molecular weight is 1470 g/mol. The second-order valence-electron chi connectivity index (χ2n) is 29.1. The van der Waals surface area contributed by atoms with Gasteiger partial charge in [-0.1, -0.05) is 199 Å². The van der Waals surface area contributed by atoms with E-state index < -0.39 is 0 Å². The lowest BCUT2D eigenvalue weighted by Crippen LogP contribution is -2.52. The van der Waals surface area contributed by atoms with Crippen LogP contribution in [-0.2, 0) is 0 Å². The van der Waals surface area contributed by atoms with Crippen molar-refractivity contribution in [3.63, 3.8) is 0 Å². The van der Waals surface area contributed by atoms with Crippen molar-refractivity contribution in [2.75, 3.05) is 98.2 Å². The number of phenols is 1. The molecule has 15 fully saturated rings. The minimum absolute atomic E-state index is 0.00694. The van der Waals surface area contributed by atoms with E-state index in [1.54, 1.807) is 24.3 Å². The Kier molecular flexibility index (Phi) is 35.1. The predicted molar refractivity (Wildman–Crippen MR) is 426 cm³/mol. The molecule has 544 valence electrons. The first-order chi connectivity index (χ1) is 48.7. The van der Waals surface area contributed by atoms with E-state index in [-0.39, 0.29) is 12.2 Å². The minimum Gasteiger partial charge on any atom is -0.508 e. The fraction of sp³-hybridized carbons (Fsp3) is 0.523. The number of aliphatic hydroxyl groups excluding tert-OH is 2. The van der Waals surface area contributed by atoms with Gasteiger partial charge in [0.1, 0.15) is 41.3 Å². The fourth-order valence-corrected chi connectivity index (χ4v) is 15.2. The molecule has 0 unspecified atom stereocenters. The standard InChI is InChI=1S/2C20H23NO.C13H17NO.2C7H13NO.C6H5I.C6H6O.3C3H8/c2*1-15-2-4-16(5-3-15)17-6-8-19(9-7-17)22-20-14-21-12-10-18(20)11-13-21;1-2-4-12(5-3-1)15-13-10-14-8-6-11(13)7-9-14;2*9-7-5-8-3-1-6(7)2-4-8;2*7-6-4-2-1-3-5-6;3*1-3-2/h2*2-9,18,20H,10-14H2,1H3;1-5,11,13H,6-10H2;2*6-7,9H,1-5H2;1-5H;1-5,7H;3*3H2,1-2H3/t2*20-;13-;2*7-;;;;;/m00010...../s1. The monoisotopic (exact) mass is 1470 g/mol. The van der Waals surface area contributed by atoms with Gasteiger partial charge >= 0.3 is 0 Å². The number of ether oxygens (including phenoxy) is 3. The maximum absolute atomic E-state index is 9.36. The van der Waals surface area contributed by atoms with E-state index in [4.69, 9.17) is 19.3 Å². The van der Waals surface area contributed by atoms with Crippen LogP contribution in [0.15, 0.2) is 188 Å². The molecule has 5 atom stereocenters. The second-order valence-corrected chi connectivity index (χ2v) is 30.4. The molecule has 15 saturated heterocycles. The molecule has 22 rings (SSSR count). The van der Waals surface area contributed by atoms with Gasteiger partial charge in [0.2, 0.25) is 0 Å². The quantitative estimate of drug-likeness (QED) is 0.127. The molecule has 0 aliphatic carbocycles. The van der Waals surface area contributed by atoms with Crippen molar-refractivity contribution in [1.29, 1.82) is 0 Å². The summed E-state index contributed by atoms with van der Waals surface area (Å²) >= 11 is 2.28. The van der Waals surface area contributed by atoms with Crippen molar-refractivity contribution in [2.45, 2.75) is 169 Å². The number of hydrogen-bond acceptors (Lipinski definition) is 11. The van der Waals surface area contributed by atoms with E-state index >= 15 is 0 Å². The Balaban J connectivity index is 0.000000151. The lowest BCUT2D eigenvalue weighted by molar-refractivity contribution is -0.0228. The molecule has 0 aromatic heterocycles. The van der Waals surface area contributed by atoms with Gasteiger partial charge in [-0.3, -0.25) is 14.7 Å². The summed E-state index contributed by atoms with van der Waals surface area (Å²) in [5.41, 5.74) is 7.62. The lowest BCUT2D eigenvalue weighted by Gasteiger charge is -2.44. The summed E-state index contributed by atoms with van der Waals surface area (Å²) < 4.78 is 19.9. The Morgan fingerprint density at radius 2 is 0.540 bits per heavy atom. The van der Waals surface area contributed by atoms with Crippen LogP contribution < -0.4 is 14.2 Å². The van der Waals surface area contributed by atoms with Crippen LogP contribution in [0.2, 0.25) is 0 Å². The summed E-state index contributed by atoms with van der Waals surface area (Å²) in [4.78, 5) is 12.3. The van der Waals surface area contributed by atoms with Gasteiger partial charge in [0.05, 0.1) is 12.2 Å². The zero-order valence-corrected chi connectivity index (χ0v) is 64.3. The smallest absolute Gasteiger partial charge is 0.119 e. The zero-order chi connectivity index (χ0) is 70.9. The summed E-state index contributed by atoms with van der Waals surface area (Å²) in [6.45, 7) is 34.7. The first-order valence-electron chi connectivity index (χ1n) is 38.5. The number of rotatable bonds is 8. The van der Waals surface area contributed by atoms with E-state index in [9.17, 15) is 10.2 Å². The molecule has 7 aromatic carbocycles. The molecule has 12 heteroatoms. The average Bonchev–Trinajstić information content (AvgIpc) is 0.837. The number of phenolic OH excluding ortho intramolecular Hbond substituents is 1. The third-order valence-electron chi connectivity index (χ3n) is 20.6. The number of aryl methyl sites for hydroxylation is 2. The molecule has 7 aromatic rings. The first-order valence-corrected chi connectivity index (χ1v) is 39.6. The molecule has 0 spiro atoms. The Hall–Kier alpha value is -5.81. The Bertz CT molecular complexity index is 3030. The largest absolute Gasteiger partial charge is 0.508 e. The van der Waals surface area contributed by atoms with E-state index in [2.05, 4.69) is 224 Å². The van der Waals surface area contributed by atoms with Crippen LogP contribution in [0.5, 0.6) is 23.0 Å². The Labute approximate surface area is 617 Å². The highest BCUT2D eigenvalue weighted by atomic mass is 127.